The summed E-state index contributed by atoms with van der Waals surface area (Å²) < 4.78 is 15.0. The lowest BCUT2D eigenvalue weighted by Crippen LogP contribution is -2.07. The number of hydrogen-bond donors (Lipinski definition) is 1. The summed E-state index contributed by atoms with van der Waals surface area (Å²) in [5.74, 6) is -1.17. The van der Waals surface area contributed by atoms with Crippen LogP contribution in [0.25, 0.3) is 0 Å². The van der Waals surface area contributed by atoms with Crippen molar-refractivity contribution in [3.8, 4) is 11.5 Å². The third-order valence-corrected chi connectivity index (χ3v) is 2.94. The molecule has 0 unspecified atom stereocenters. The van der Waals surface area contributed by atoms with E-state index in [1.165, 1.54) is 26.4 Å². The number of carbonyl (C=O) groups excluding carboxylic acids is 1. The minimum absolute atomic E-state index is 0.0760. The summed E-state index contributed by atoms with van der Waals surface area (Å²) in [6.45, 7) is -0.317. The molecule has 1 aromatic rings. The molecule has 1 aromatic carbocycles. The van der Waals surface area contributed by atoms with Gasteiger partial charge >= 0.3 is 11.9 Å². The van der Waals surface area contributed by atoms with Gasteiger partial charge in [-0.25, -0.2) is 0 Å². The molecule has 0 amide bonds. The number of nitro groups is 1. The first-order chi connectivity index (χ1) is 10.9. The molecule has 0 saturated carbocycles. The Morgan fingerprint density at radius 1 is 1.17 bits per heavy atom. The van der Waals surface area contributed by atoms with E-state index in [2.05, 4.69) is 0 Å². The Morgan fingerprint density at radius 3 is 2.30 bits per heavy atom. The lowest BCUT2D eigenvalue weighted by atomic mass is 10.1. The highest BCUT2D eigenvalue weighted by atomic mass is 16.6. The molecular formula is C14H17NO8. The summed E-state index contributed by atoms with van der Waals surface area (Å²) in [5.41, 5.74) is -0.111. The molecule has 1 N–H and O–H groups in total. The van der Waals surface area contributed by atoms with Gasteiger partial charge in [0.2, 0.25) is 0 Å². The van der Waals surface area contributed by atoms with E-state index in [0.29, 0.717) is 0 Å². The summed E-state index contributed by atoms with van der Waals surface area (Å²) in [4.78, 5) is 32.3. The van der Waals surface area contributed by atoms with Gasteiger partial charge in [-0.1, -0.05) is 0 Å². The van der Waals surface area contributed by atoms with E-state index < -0.39 is 16.9 Å². The van der Waals surface area contributed by atoms with E-state index in [-0.39, 0.29) is 48.6 Å². The fraction of sp³-hybridized carbons (Fsp3) is 0.429. The van der Waals surface area contributed by atoms with E-state index in [9.17, 15) is 19.7 Å². The van der Waals surface area contributed by atoms with Gasteiger partial charge in [-0.15, -0.1) is 0 Å². The molecule has 1 rings (SSSR count). The summed E-state index contributed by atoms with van der Waals surface area (Å²) >= 11 is 0. The number of methoxy groups -OCH3 is 2. The molecule has 0 bridgehead atoms. The average Bonchev–Trinajstić information content (AvgIpc) is 2.51. The fourth-order valence-corrected chi connectivity index (χ4v) is 1.81. The van der Waals surface area contributed by atoms with Crippen molar-refractivity contribution >= 4 is 17.6 Å². The number of hydrogen-bond acceptors (Lipinski definition) is 7. The van der Waals surface area contributed by atoms with Crippen molar-refractivity contribution in [3.05, 3.63) is 27.8 Å². The third-order valence-electron chi connectivity index (χ3n) is 2.94. The molecule has 0 spiro atoms. The number of esters is 1. The highest BCUT2D eigenvalue weighted by molar-refractivity contribution is 5.71. The Bertz CT molecular complexity index is 599. The van der Waals surface area contributed by atoms with Crippen LogP contribution in [0.4, 0.5) is 5.69 Å². The normalized spacial score (nSPS) is 10.0. The van der Waals surface area contributed by atoms with Crippen LogP contribution in [-0.2, 0) is 20.9 Å². The highest BCUT2D eigenvalue weighted by Crippen LogP contribution is 2.34. The Labute approximate surface area is 131 Å². The van der Waals surface area contributed by atoms with Gasteiger partial charge < -0.3 is 19.3 Å². The lowest BCUT2D eigenvalue weighted by molar-refractivity contribution is -0.385. The zero-order valence-corrected chi connectivity index (χ0v) is 12.7. The van der Waals surface area contributed by atoms with Crippen LogP contribution in [-0.4, -0.2) is 36.2 Å². The third kappa shape index (κ3) is 5.46. The van der Waals surface area contributed by atoms with Gasteiger partial charge in [0.05, 0.1) is 30.8 Å². The van der Waals surface area contributed by atoms with Gasteiger partial charge in [0.25, 0.3) is 5.69 Å². The molecule has 23 heavy (non-hydrogen) atoms. The largest absolute Gasteiger partial charge is 0.493 e. The van der Waals surface area contributed by atoms with E-state index in [0.717, 1.165) is 0 Å². The maximum atomic E-state index is 11.5. The van der Waals surface area contributed by atoms with Gasteiger partial charge in [-0.2, -0.15) is 0 Å². The molecule has 0 radical (unpaired) electrons. The molecule has 126 valence electrons. The van der Waals surface area contributed by atoms with Gasteiger partial charge in [0, 0.05) is 12.8 Å². The Morgan fingerprint density at radius 2 is 1.78 bits per heavy atom. The Balaban J connectivity index is 2.80. The molecule has 0 aliphatic rings. The first kappa shape index (κ1) is 18.2. The lowest BCUT2D eigenvalue weighted by Gasteiger charge is -2.11. The van der Waals surface area contributed by atoms with Crippen LogP contribution in [0.5, 0.6) is 11.5 Å². The predicted octanol–water partition coefficient (Wildman–Crippen LogP) is 1.91. The van der Waals surface area contributed by atoms with Crippen LogP contribution >= 0.6 is 0 Å². The molecule has 0 aromatic heterocycles. The summed E-state index contributed by atoms with van der Waals surface area (Å²) in [5, 5.41) is 19.6. The number of benzene rings is 1. The Kier molecular flexibility index (Phi) is 6.78. The van der Waals surface area contributed by atoms with E-state index in [4.69, 9.17) is 19.3 Å². The number of aliphatic carboxylic acids is 1. The molecular weight excluding hydrogens is 310 g/mol. The van der Waals surface area contributed by atoms with Gasteiger partial charge in [-0.05, 0) is 12.5 Å². The van der Waals surface area contributed by atoms with Crippen LogP contribution in [0, 0.1) is 10.1 Å². The Hall–Kier alpha value is -2.84. The predicted molar refractivity (Wildman–Crippen MR) is 77.5 cm³/mol. The number of carbonyl (C=O) groups is 2. The minimum atomic E-state index is -1.01. The van der Waals surface area contributed by atoms with Gasteiger partial charge in [-0.3, -0.25) is 19.7 Å². The number of carboxylic acid groups (broad SMARTS) is 1. The minimum Gasteiger partial charge on any atom is -0.493 e. The van der Waals surface area contributed by atoms with Crippen molar-refractivity contribution in [1.29, 1.82) is 0 Å². The van der Waals surface area contributed by atoms with Crippen LogP contribution in [0.2, 0.25) is 0 Å². The summed E-state index contributed by atoms with van der Waals surface area (Å²) in [6, 6.07) is 2.55. The average molecular weight is 327 g/mol. The monoisotopic (exact) mass is 327 g/mol. The number of nitro benzene ring substituents is 1. The van der Waals surface area contributed by atoms with E-state index in [1.807, 2.05) is 0 Å². The number of carboxylic acids is 1. The number of rotatable bonds is 9. The maximum absolute atomic E-state index is 11.5. The summed E-state index contributed by atoms with van der Waals surface area (Å²) in [7, 11) is 2.73. The van der Waals surface area contributed by atoms with Crippen molar-refractivity contribution in [2.75, 3.05) is 14.2 Å². The van der Waals surface area contributed by atoms with Crippen LogP contribution in [0.15, 0.2) is 12.1 Å². The first-order valence-electron chi connectivity index (χ1n) is 6.65. The molecule has 0 heterocycles. The van der Waals surface area contributed by atoms with E-state index in [1.54, 1.807) is 0 Å². The second kappa shape index (κ2) is 8.57. The standard InChI is InChI=1S/C14H17NO8/c1-21-11-6-9(10(15(19)20)7-12(11)22-2)8-23-14(18)5-3-4-13(16)17/h6-7H,3-5,8H2,1-2H3,(H,16,17). The molecule has 0 atom stereocenters. The maximum Gasteiger partial charge on any atom is 0.306 e. The van der Waals surface area contributed by atoms with Gasteiger partial charge in [0.1, 0.15) is 6.61 Å². The van der Waals surface area contributed by atoms with Crippen LogP contribution < -0.4 is 9.47 Å². The molecule has 0 fully saturated rings. The van der Waals surface area contributed by atoms with Crippen molar-refractivity contribution in [3.63, 3.8) is 0 Å². The smallest absolute Gasteiger partial charge is 0.306 e. The van der Waals surface area contributed by atoms with Crippen molar-refractivity contribution in [2.24, 2.45) is 0 Å². The number of nitrogens with zero attached hydrogens (tertiary/aromatic N) is 1. The second-order valence-electron chi connectivity index (χ2n) is 4.50. The topological polar surface area (TPSA) is 125 Å². The first-order valence-corrected chi connectivity index (χ1v) is 6.65. The SMILES string of the molecule is COc1cc(COC(=O)CCCC(=O)O)c([N+](=O)[O-])cc1OC. The van der Waals surface area contributed by atoms with E-state index >= 15 is 0 Å². The van der Waals surface area contributed by atoms with Gasteiger partial charge in [0.15, 0.2) is 11.5 Å². The summed E-state index contributed by atoms with van der Waals surface area (Å²) in [6.07, 6.45) is -0.0822. The van der Waals surface area contributed by atoms with Crippen molar-refractivity contribution < 1.29 is 33.8 Å². The quantitative estimate of drug-likeness (QED) is 0.414. The molecule has 9 nitrogen and oxygen atoms in total. The zero-order valence-electron chi connectivity index (χ0n) is 12.7. The van der Waals surface area contributed by atoms with Crippen molar-refractivity contribution in [2.45, 2.75) is 25.9 Å². The molecule has 0 aliphatic carbocycles. The molecule has 0 saturated heterocycles. The molecule has 9 heteroatoms. The van der Waals surface area contributed by atoms with Crippen LogP contribution in [0.3, 0.4) is 0 Å². The second-order valence-corrected chi connectivity index (χ2v) is 4.50. The number of ether oxygens (including phenoxy) is 3. The highest BCUT2D eigenvalue weighted by Gasteiger charge is 2.20. The van der Waals surface area contributed by atoms with Crippen molar-refractivity contribution in [1.82, 2.24) is 0 Å². The molecule has 0 aliphatic heterocycles. The fourth-order valence-electron chi connectivity index (χ4n) is 1.81. The van der Waals surface area contributed by atoms with Crippen LogP contribution in [0.1, 0.15) is 24.8 Å². The zero-order chi connectivity index (χ0) is 17.4.